The molecular formula is C14H21N3O. The third-order valence-electron chi connectivity index (χ3n) is 3.11. The molecular weight excluding hydrogens is 226 g/mol. The fourth-order valence-electron chi connectivity index (χ4n) is 1.99. The van der Waals surface area contributed by atoms with E-state index < -0.39 is 0 Å². The van der Waals surface area contributed by atoms with Crippen LogP contribution in [-0.2, 0) is 6.54 Å². The summed E-state index contributed by atoms with van der Waals surface area (Å²) in [5.74, 6) is 0. The second-order valence-electron chi connectivity index (χ2n) is 5.44. The topological polar surface area (TPSA) is 49.6 Å². The van der Waals surface area contributed by atoms with E-state index in [2.05, 4.69) is 24.1 Å². The second kappa shape index (κ2) is 5.50. The zero-order valence-corrected chi connectivity index (χ0v) is 11.1. The third kappa shape index (κ3) is 3.31. The van der Waals surface area contributed by atoms with E-state index in [1.54, 1.807) is 0 Å². The molecule has 4 nitrogen and oxygen atoms in total. The lowest BCUT2D eigenvalue weighted by atomic mass is 9.90. The number of aromatic nitrogens is 2. The van der Waals surface area contributed by atoms with Gasteiger partial charge in [0, 0.05) is 32.1 Å². The Kier molecular flexibility index (Phi) is 3.99. The maximum absolute atomic E-state index is 8.97. The Hall–Kier alpha value is -1.39. The largest absolute Gasteiger partial charge is 0.396 e. The first kappa shape index (κ1) is 13.1. The van der Waals surface area contributed by atoms with E-state index in [0.717, 1.165) is 30.9 Å². The first-order valence-corrected chi connectivity index (χ1v) is 6.35. The lowest BCUT2D eigenvalue weighted by molar-refractivity contribution is 0.207. The van der Waals surface area contributed by atoms with Crippen molar-refractivity contribution in [1.29, 1.82) is 0 Å². The summed E-state index contributed by atoms with van der Waals surface area (Å²) >= 11 is 0. The van der Waals surface area contributed by atoms with Gasteiger partial charge in [-0.05, 0) is 24.0 Å². The molecule has 2 rings (SSSR count). The molecule has 0 amide bonds. The highest BCUT2D eigenvalue weighted by Gasteiger charge is 2.16. The molecule has 2 N–H and O–H groups in total. The number of nitrogens with zero attached hydrogens (tertiary/aromatic N) is 2. The molecule has 0 saturated heterocycles. The molecule has 0 saturated carbocycles. The van der Waals surface area contributed by atoms with Crippen LogP contribution in [0.1, 0.15) is 26.0 Å². The SMILES string of the molecule is CC(C)(CCO)CNCc1cn2ccccc2n1. The molecule has 0 radical (unpaired) electrons. The van der Waals surface area contributed by atoms with Crippen LogP contribution in [0.25, 0.3) is 5.65 Å². The summed E-state index contributed by atoms with van der Waals surface area (Å²) in [6.07, 6.45) is 4.86. The second-order valence-corrected chi connectivity index (χ2v) is 5.44. The number of fused-ring (bicyclic) bond motifs is 1. The van der Waals surface area contributed by atoms with Gasteiger partial charge in [0.1, 0.15) is 5.65 Å². The average molecular weight is 247 g/mol. The standard InChI is InChI=1S/C14H21N3O/c1-14(2,6-8-18)11-15-9-12-10-17-7-4-3-5-13(17)16-12/h3-5,7,10,15,18H,6,8-9,11H2,1-2H3. The van der Waals surface area contributed by atoms with Gasteiger partial charge in [-0.1, -0.05) is 19.9 Å². The first-order chi connectivity index (χ1) is 8.61. The first-order valence-electron chi connectivity index (χ1n) is 6.35. The van der Waals surface area contributed by atoms with Crippen molar-refractivity contribution in [2.45, 2.75) is 26.8 Å². The number of hydrogen-bond acceptors (Lipinski definition) is 3. The highest BCUT2D eigenvalue weighted by molar-refractivity contribution is 5.39. The Balaban J connectivity index is 1.90. The van der Waals surface area contributed by atoms with Gasteiger partial charge < -0.3 is 14.8 Å². The van der Waals surface area contributed by atoms with E-state index in [0.29, 0.717) is 0 Å². The van der Waals surface area contributed by atoms with Gasteiger partial charge in [0.2, 0.25) is 0 Å². The van der Waals surface area contributed by atoms with Gasteiger partial charge >= 0.3 is 0 Å². The number of imidazole rings is 1. The summed E-state index contributed by atoms with van der Waals surface area (Å²) < 4.78 is 2.02. The van der Waals surface area contributed by atoms with Crippen molar-refractivity contribution in [3.05, 3.63) is 36.3 Å². The Morgan fingerprint density at radius 2 is 2.22 bits per heavy atom. The molecule has 0 aliphatic carbocycles. The molecule has 2 aromatic heterocycles. The summed E-state index contributed by atoms with van der Waals surface area (Å²) in [5, 5.41) is 12.4. The molecule has 0 fully saturated rings. The summed E-state index contributed by atoms with van der Waals surface area (Å²) in [4.78, 5) is 4.53. The van der Waals surface area contributed by atoms with E-state index in [9.17, 15) is 0 Å². The summed E-state index contributed by atoms with van der Waals surface area (Å²) in [5.41, 5.74) is 2.14. The van der Waals surface area contributed by atoms with E-state index in [-0.39, 0.29) is 12.0 Å². The van der Waals surface area contributed by atoms with Crippen LogP contribution >= 0.6 is 0 Å². The van der Waals surface area contributed by atoms with Crippen LogP contribution in [0.5, 0.6) is 0 Å². The fraction of sp³-hybridized carbons (Fsp3) is 0.500. The molecule has 0 aliphatic heterocycles. The van der Waals surface area contributed by atoms with Gasteiger partial charge in [0.05, 0.1) is 5.69 Å². The van der Waals surface area contributed by atoms with Crippen LogP contribution in [0.4, 0.5) is 0 Å². The third-order valence-corrected chi connectivity index (χ3v) is 3.11. The van der Waals surface area contributed by atoms with Crippen molar-refractivity contribution in [2.24, 2.45) is 5.41 Å². The van der Waals surface area contributed by atoms with E-state index >= 15 is 0 Å². The molecule has 0 aliphatic rings. The normalized spacial score (nSPS) is 12.2. The van der Waals surface area contributed by atoms with Crippen LogP contribution in [-0.4, -0.2) is 27.6 Å². The Labute approximate surface area is 108 Å². The Morgan fingerprint density at radius 3 is 2.94 bits per heavy atom. The maximum atomic E-state index is 8.97. The maximum Gasteiger partial charge on any atom is 0.137 e. The van der Waals surface area contributed by atoms with Crippen LogP contribution < -0.4 is 5.32 Å². The van der Waals surface area contributed by atoms with Crippen LogP contribution in [0, 0.1) is 5.41 Å². The average Bonchev–Trinajstić information content (AvgIpc) is 2.71. The van der Waals surface area contributed by atoms with Crippen molar-refractivity contribution in [3.63, 3.8) is 0 Å². The quantitative estimate of drug-likeness (QED) is 0.819. The number of aliphatic hydroxyl groups excluding tert-OH is 1. The van der Waals surface area contributed by atoms with E-state index in [4.69, 9.17) is 5.11 Å². The zero-order valence-electron chi connectivity index (χ0n) is 11.1. The highest BCUT2D eigenvalue weighted by Crippen LogP contribution is 2.18. The predicted molar refractivity (Wildman–Crippen MR) is 72.4 cm³/mol. The number of aliphatic hydroxyl groups is 1. The molecule has 0 unspecified atom stereocenters. The van der Waals surface area contributed by atoms with Gasteiger partial charge in [0.15, 0.2) is 0 Å². The predicted octanol–water partition coefficient (Wildman–Crippen LogP) is 1.83. The van der Waals surface area contributed by atoms with Crippen molar-refractivity contribution < 1.29 is 5.11 Å². The molecule has 2 aromatic rings. The molecule has 0 aromatic carbocycles. The summed E-state index contributed by atoms with van der Waals surface area (Å²) in [7, 11) is 0. The van der Waals surface area contributed by atoms with Crippen molar-refractivity contribution in [2.75, 3.05) is 13.2 Å². The molecule has 0 bridgehead atoms. The fourth-order valence-corrected chi connectivity index (χ4v) is 1.99. The van der Waals surface area contributed by atoms with Crippen molar-refractivity contribution >= 4 is 5.65 Å². The monoisotopic (exact) mass is 247 g/mol. The summed E-state index contributed by atoms with van der Waals surface area (Å²) in [6, 6.07) is 5.99. The minimum atomic E-state index is 0.119. The zero-order chi connectivity index (χ0) is 13.0. The molecule has 98 valence electrons. The lowest BCUT2D eigenvalue weighted by Gasteiger charge is -2.23. The van der Waals surface area contributed by atoms with Gasteiger partial charge in [-0.25, -0.2) is 4.98 Å². The molecule has 2 heterocycles. The minimum absolute atomic E-state index is 0.119. The van der Waals surface area contributed by atoms with Crippen molar-refractivity contribution in [3.8, 4) is 0 Å². The number of nitrogens with one attached hydrogen (secondary N) is 1. The lowest BCUT2D eigenvalue weighted by Crippen LogP contribution is -2.29. The van der Waals surface area contributed by atoms with Crippen molar-refractivity contribution in [1.82, 2.24) is 14.7 Å². The molecule has 4 heteroatoms. The van der Waals surface area contributed by atoms with E-state index in [1.165, 1.54) is 0 Å². The van der Waals surface area contributed by atoms with E-state index in [1.807, 2.05) is 35.0 Å². The van der Waals surface area contributed by atoms with Gasteiger partial charge in [-0.2, -0.15) is 0 Å². The number of hydrogen-bond donors (Lipinski definition) is 2. The number of pyridine rings is 1. The van der Waals surface area contributed by atoms with Gasteiger partial charge in [0.25, 0.3) is 0 Å². The molecule has 0 atom stereocenters. The molecule has 0 spiro atoms. The minimum Gasteiger partial charge on any atom is -0.396 e. The Morgan fingerprint density at radius 1 is 1.39 bits per heavy atom. The highest BCUT2D eigenvalue weighted by atomic mass is 16.3. The van der Waals surface area contributed by atoms with Gasteiger partial charge in [-0.3, -0.25) is 0 Å². The smallest absolute Gasteiger partial charge is 0.137 e. The van der Waals surface area contributed by atoms with Crippen LogP contribution in [0.2, 0.25) is 0 Å². The van der Waals surface area contributed by atoms with Crippen LogP contribution in [0.3, 0.4) is 0 Å². The van der Waals surface area contributed by atoms with Gasteiger partial charge in [-0.15, -0.1) is 0 Å². The molecule has 18 heavy (non-hydrogen) atoms. The van der Waals surface area contributed by atoms with Crippen LogP contribution in [0.15, 0.2) is 30.6 Å². The summed E-state index contributed by atoms with van der Waals surface area (Å²) in [6.45, 7) is 6.18. The number of rotatable bonds is 6. The Bertz CT molecular complexity index is 471.